The maximum Gasteiger partial charge on any atom is 0.323 e. The number of aliphatic carboxylic acids is 1. The number of nitrogens with zero attached hydrogens (tertiary/aromatic N) is 2. The molecule has 1 aliphatic rings. The first-order chi connectivity index (χ1) is 18.9. The van der Waals surface area contributed by atoms with Crippen LogP contribution >= 0.6 is 0 Å². The van der Waals surface area contributed by atoms with Crippen LogP contribution in [0.4, 0.5) is 0 Å². The number of fused-ring (bicyclic) bond motifs is 3. The van der Waals surface area contributed by atoms with Crippen molar-refractivity contribution in [2.24, 2.45) is 0 Å². The molecule has 206 valence electrons. The average molecular weight is 531 g/mol. The Hall–Kier alpha value is -3.68. The van der Waals surface area contributed by atoms with Gasteiger partial charge in [-0.3, -0.25) is 14.5 Å². The van der Waals surface area contributed by atoms with Crippen LogP contribution in [-0.4, -0.2) is 72.3 Å². The Morgan fingerprint density at radius 2 is 1.74 bits per heavy atom. The average Bonchev–Trinajstić information content (AvgIpc) is 2.92. The molecule has 0 aliphatic carbocycles. The van der Waals surface area contributed by atoms with Crippen molar-refractivity contribution in [1.29, 1.82) is 0 Å². The minimum Gasteiger partial charge on any atom is -0.491 e. The van der Waals surface area contributed by atoms with E-state index < -0.39 is 5.97 Å². The smallest absolute Gasteiger partial charge is 0.323 e. The van der Waals surface area contributed by atoms with Crippen LogP contribution in [0, 0.1) is 0 Å². The van der Waals surface area contributed by atoms with Crippen molar-refractivity contribution >= 4 is 11.9 Å². The van der Waals surface area contributed by atoms with Gasteiger partial charge in [0, 0.05) is 37.7 Å². The van der Waals surface area contributed by atoms with E-state index in [4.69, 9.17) is 9.47 Å². The Morgan fingerprint density at radius 1 is 0.949 bits per heavy atom. The molecule has 7 heteroatoms. The van der Waals surface area contributed by atoms with E-state index in [2.05, 4.69) is 43.0 Å². The quantitative estimate of drug-likeness (QED) is 0.479. The lowest BCUT2D eigenvalue weighted by molar-refractivity contribution is -0.137. The molecule has 1 N–H and O–H groups in total. The molecule has 4 rings (SSSR count). The fraction of sp³-hybridized carbons (Fsp3) is 0.375. The number of carboxylic acid groups (broad SMARTS) is 1. The molecule has 0 spiro atoms. The number of rotatable bonds is 7. The summed E-state index contributed by atoms with van der Waals surface area (Å²) in [5, 5.41) is 9.49. The third-order valence-corrected chi connectivity index (χ3v) is 6.94. The van der Waals surface area contributed by atoms with Gasteiger partial charge in [0.25, 0.3) is 5.91 Å². The lowest BCUT2D eigenvalue weighted by atomic mass is 9.99. The van der Waals surface area contributed by atoms with Gasteiger partial charge < -0.3 is 19.5 Å². The highest BCUT2D eigenvalue weighted by molar-refractivity contribution is 5.96. The van der Waals surface area contributed by atoms with Crippen molar-refractivity contribution in [2.45, 2.75) is 39.3 Å². The Balaban J connectivity index is 1.59. The molecule has 0 unspecified atom stereocenters. The van der Waals surface area contributed by atoms with Crippen molar-refractivity contribution in [3.63, 3.8) is 0 Å². The molecule has 0 fully saturated rings. The van der Waals surface area contributed by atoms with E-state index in [1.54, 1.807) is 6.07 Å². The maximum atomic E-state index is 13.5. The Labute approximate surface area is 231 Å². The van der Waals surface area contributed by atoms with Gasteiger partial charge in [0.1, 0.15) is 18.9 Å². The molecule has 0 aromatic heterocycles. The van der Waals surface area contributed by atoms with Gasteiger partial charge in [0.05, 0.1) is 13.2 Å². The highest BCUT2D eigenvalue weighted by Crippen LogP contribution is 2.25. The SMILES string of the molecule is CC(C)N1CCOCCOc2ccc(C(=O)N(CCc3ccccc3)CC(=O)O)cc2Cc2cccc(c2)C1. The van der Waals surface area contributed by atoms with Crippen LogP contribution in [0.2, 0.25) is 0 Å². The highest BCUT2D eigenvalue weighted by Gasteiger charge is 2.21. The number of hydrogen-bond donors (Lipinski definition) is 1. The van der Waals surface area contributed by atoms with E-state index in [9.17, 15) is 14.7 Å². The van der Waals surface area contributed by atoms with Gasteiger partial charge in [-0.05, 0) is 60.7 Å². The van der Waals surface area contributed by atoms with Crippen molar-refractivity contribution in [3.05, 3.63) is 101 Å². The Morgan fingerprint density at radius 3 is 2.51 bits per heavy atom. The summed E-state index contributed by atoms with van der Waals surface area (Å²) in [7, 11) is 0. The van der Waals surface area contributed by atoms with Gasteiger partial charge in [-0.1, -0.05) is 54.6 Å². The summed E-state index contributed by atoms with van der Waals surface area (Å²) in [4.78, 5) is 28.9. The van der Waals surface area contributed by atoms with Crippen molar-refractivity contribution in [3.8, 4) is 5.75 Å². The van der Waals surface area contributed by atoms with Gasteiger partial charge >= 0.3 is 5.97 Å². The number of amides is 1. The van der Waals surface area contributed by atoms with Gasteiger partial charge in [0.15, 0.2) is 0 Å². The molecular weight excluding hydrogens is 492 g/mol. The van der Waals surface area contributed by atoms with Crippen LogP contribution in [-0.2, 0) is 28.9 Å². The summed E-state index contributed by atoms with van der Waals surface area (Å²) in [6.07, 6.45) is 1.17. The zero-order valence-corrected chi connectivity index (χ0v) is 22.8. The van der Waals surface area contributed by atoms with Gasteiger partial charge in [0.2, 0.25) is 0 Å². The number of hydrogen-bond acceptors (Lipinski definition) is 5. The molecule has 7 nitrogen and oxygen atoms in total. The fourth-order valence-corrected chi connectivity index (χ4v) is 4.81. The van der Waals surface area contributed by atoms with E-state index in [0.29, 0.717) is 56.6 Å². The van der Waals surface area contributed by atoms with Crippen LogP contribution in [0.5, 0.6) is 5.75 Å². The first-order valence-electron chi connectivity index (χ1n) is 13.6. The molecule has 39 heavy (non-hydrogen) atoms. The predicted molar refractivity (Wildman–Crippen MR) is 151 cm³/mol. The van der Waals surface area contributed by atoms with E-state index in [1.807, 2.05) is 42.5 Å². The zero-order chi connectivity index (χ0) is 27.6. The number of benzene rings is 3. The number of ether oxygens (including phenoxy) is 2. The minimum absolute atomic E-state index is 0.305. The van der Waals surface area contributed by atoms with E-state index >= 15 is 0 Å². The largest absolute Gasteiger partial charge is 0.491 e. The van der Waals surface area contributed by atoms with Gasteiger partial charge in [-0.25, -0.2) is 0 Å². The third-order valence-electron chi connectivity index (χ3n) is 6.94. The van der Waals surface area contributed by atoms with Crippen LogP contribution in [0.1, 0.15) is 46.5 Å². The molecule has 1 heterocycles. The Kier molecular flexibility index (Phi) is 10.1. The Bertz CT molecular complexity index is 1240. The molecule has 1 aliphatic heterocycles. The summed E-state index contributed by atoms with van der Waals surface area (Å²) in [6, 6.07) is 24.0. The van der Waals surface area contributed by atoms with Gasteiger partial charge in [-0.15, -0.1) is 0 Å². The fourth-order valence-electron chi connectivity index (χ4n) is 4.81. The van der Waals surface area contributed by atoms with Crippen LogP contribution < -0.4 is 4.74 Å². The van der Waals surface area contributed by atoms with Crippen molar-refractivity contribution in [2.75, 3.05) is 39.5 Å². The lowest BCUT2D eigenvalue weighted by Crippen LogP contribution is -2.37. The first kappa shape index (κ1) is 28.3. The molecule has 1 amide bonds. The monoisotopic (exact) mass is 530 g/mol. The van der Waals surface area contributed by atoms with Crippen molar-refractivity contribution < 1.29 is 24.2 Å². The third kappa shape index (κ3) is 8.40. The first-order valence-corrected chi connectivity index (χ1v) is 13.6. The molecular formula is C32H38N2O5. The molecule has 0 radical (unpaired) electrons. The van der Waals surface area contributed by atoms with Gasteiger partial charge in [-0.2, -0.15) is 0 Å². The maximum absolute atomic E-state index is 13.5. The van der Waals surface area contributed by atoms with E-state index in [-0.39, 0.29) is 12.5 Å². The summed E-state index contributed by atoms with van der Waals surface area (Å²) >= 11 is 0. The molecule has 3 aromatic carbocycles. The summed E-state index contributed by atoms with van der Waals surface area (Å²) in [5.41, 5.74) is 4.74. The molecule has 2 bridgehead atoms. The summed E-state index contributed by atoms with van der Waals surface area (Å²) in [6.45, 7) is 7.54. The van der Waals surface area contributed by atoms with Crippen LogP contribution in [0.25, 0.3) is 0 Å². The second kappa shape index (κ2) is 13.9. The van der Waals surface area contributed by atoms with Crippen molar-refractivity contribution in [1.82, 2.24) is 9.80 Å². The number of carbonyl (C=O) groups is 2. The van der Waals surface area contributed by atoms with Crippen LogP contribution in [0.15, 0.2) is 72.8 Å². The molecule has 3 aromatic rings. The molecule has 0 saturated carbocycles. The lowest BCUT2D eigenvalue weighted by Gasteiger charge is -2.27. The minimum atomic E-state index is -1.04. The summed E-state index contributed by atoms with van der Waals surface area (Å²) < 4.78 is 11.9. The predicted octanol–water partition coefficient (Wildman–Crippen LogP) is 4.67. The number of carbonyl (C=O) groups excluding carboxylic acids is 1. The second-order valence-corrected chi connectivity index (χ2v) is 10.2. The summed E-state index contributed by atoms with van der Waals surface area (Å²) in [5.74, 6) is -0.638. The highest BCUT2D eigenvalue weighted by atomic mass is 16.5. The standard InChI is InChI=1S/C32H38N2O5/c1-24(2)33-15-16-38-17-18-39-30-12-11-28(21-29(30)20-26-9-6-10-27(19-26)22-33)32(37)34(23-31(35)36)14-13-25-7-4-3-5-8-25/h3-12,19,21,24H,13-18,20,22-23H2,1-2H3,(H,35,36). The zero-order valence-electron chi connectivity index (χ0n) is 22.8. The van der Waals surface area contributed by atoms with E-state index in [0.717, 1.165) is 29.8 Å². The molecule has 0 saturated heterocycles. The number of carboxylic acids is 1. The second-order valence-electron chi connectivity index (χ2n) is 10.2. The van der Waals surface area contributed by atoms with E-state index in [1.165, 1.54) is 10.5 Å². The molecule has 0 atom stereocenters. The topological polar surface area (TPSA) is 79.3 Å². The normalized spacial score (nSPS) is 14.6. The van der Waals surface area contributed by atoms with Crippen LogP contribution in [0.3, 0.4) is 0 Å².